The summed E-state index contributed by atoms with van der Waals surface area (Å²) >= 11 is 5.80. The van der Waals surface area contributed by atoms with Crippen LogP contribution in [0, 0.1) is 11.8 Å². The minimum Gasteiger partial charge on any atom is -0.342 e. The van der Waals surface area contributed by atoms with Gasteiger partial charge in [0.25, 0.3) is 0 Å². The van der Waals surface area contributed by atoms with E-state index in [9.17, 15) is 4.79 Å². The highest BCUT2D eigenvalue weighted by Gasteiger charge is 2.30. The standard InChI is InChI=1S/C12H20ClNO/c13-7-11-6-12(15)14(9-11)8-10-4-2-1-3-5-10/h10-11H,1-9H2. The molecule has 2 aliphatic rings. The number of alkyl halides is 1. The Labute approximate surface area is 97.0 Å². The van der Waals surface area contributed by atoms with Gasteiger partial charge in [0.1, 0.15) is 0 Å². The molecule has 1 atom stereocenters. The Kier molecular flexibility index (Phi) is 3.90. The van der Waals surface area contributed by atoms with E-state index in [4.69, 9.17) is 11.6 Å². The van der Waals surface area contributed by atoms with Gasteiger partial charge in [-0.2, -0.15) is 0 Å². The lowest BCUT2D eigenvalue weighted by molar-refractivity contribution is -0.128. The molecule has 3 heteroatoms. The molecule has 0 N–H and O–H groups in total. The Bertz CT molecular complexity index is 226. The maximum Gasteiger partial charge on any atom is 0.222 e. The zero-order chi connectivity index (χ0) is 10.7. The van der Waals surface area contributed by atoms with Gasteiger partial charge in [-0.15, -0.1) is 11.6 Å². The van der Waals surface area contributed by atoms with Crippen molar-refractivity contribution in [3.8, 4) is 0 Å². The van der Waals surface area contributed by atoms with Crippen LogP contribution in [0.15, 0.2) is 0 Å². The molecule has 1 heterocycles. The van der Waals surface area contributed by atoms with E-state index in [0.29, 0.717) is 24.1 Å². The van der Waals surface area contributed by atoms with E-state index in [1.165, 1.54) is 32.1 Å². The summed E-state index contributed by atoms with van der Waals surface area (Å²) in [6.07, 6.45) is 7.40. The third-order valence-corrected chi connectivity index (χ3v) is 4.15. The van der Waals surface area contributed by atoms with Crippen LogP contribution in [0.2, 0.25) is 0 Å². The Hall–Kier alpha value is -0.240. The molecule has 0 aromatic heterocycles. The predicted octanol–water partition coefficient (Wildman–Crippen LogP) is 2.65. The van der Waals surface area contributed by atoms with Crippen LogP contribution in [0.4, 0.5) is 0 Å². The van der Waals surface area contributed by atoms with Gasteiger partial charge in [0.2, 0.25) is 5.91 Å². The van der Waals surface area contributed by atoms with Gasteiger partial charge >= 0.3 is 0 Å². The summed E-state index contributed by atoms with van der Waals surface area (Å²) in [6, 6.07) is 0. The van der Waals surface area contributed by atoms with Gasteiger partial charge in [-0.25, -0.2) is 0 Å². The van der Waals surface area contributed by atoms with Crippen molar-refractivity contribution in [1.82, 2.24) is 4.90 Å². The molecule has 0 aromatic rings. The van der Waals surface area contributed by atoms with Gasteiger partial charge < -0.3 is 4.90 Å². The molecule has 0 radical (unpaired) electrons. The van der Waals surface area contributed by atoms with Gasteiger partial charge in [-0.05, 0) is 24.7 Å². The number of rotatable bonds is 3. The van der Waals surface area contributed by atoms with Crippen molar-refractivity contribution in [3.63, 3.8) is 0 Å². The second-order valence-electron chi connectivity index (χ2n) is 5.03. The van der Waals surface area contributed by atoms with Crippen molar-refractivity contribution in [2.45, 2.75) is 38.5 Å². The zero-order valence-corrected chi connectivity index (χ0v) is 10.0. The van der Waals surface area contributed by atoms with E-state index in [-0.39, 0.29) is 0 Å². The summed E-state index contributed by atoms with van der Waals surface area (Å²) in [5.74, 6) is 2.12. The third-order valence-electron chi connectivity index (χ3n) is 3.72. The fourth-order valence-electron chi connectivity index (χ4n) is 2.82. The summed E-state index contributed by atoms with van der Waals surface area (Å²) in [6.45, 7) is 1.89. The number of halogens is 1. The SMILES string of the molecule is O=C1CC(CCl)CN1CC1CCCCC1. The minimum absolute atomic E-state index is 0.325. The minimum atomic E-state index is 0.325. The van der Waals surface area contributed by atoms with Crippen LogP contribution in [0.5, 0.6) is 0 Å². The third kappa shape index (κ3) is 2.87. The lowest BCUT2D eigenvalue weighted by Crippen LogP contribution is -2.32. The first-order chi connectivity index (χ1) is 7.29. The van der Waals surface area contributed by atoms with Crippen molar-refractivity contribution < 1.29 is 4.79 Å². The molecule has 86 valence electrons. The summed E-state index contributed by atoms with van der Waals surface area (Å²) in [4.78, 5) is 13.7. The van der Waals surface area contributed by atoms with Crippen LogP contribution in [-0.4, -0.2) is 29.8 Å². The number of hydrogen-bond acceptors (Lipinski definition) is 1. The molecule has 1 unspecified atom stereocenters. The maximum absolute atomic E-state index is 11.7. The van der Waals surface area contributed by atoms with Crippen LogP contribution in [0.3, 0.4) is 0 Å². The lowest BCUT2D eigenvalue weighted by Gasteiger charge is -2.26. The molecule has 2 rings (SSSR count). The Morgan fingerprint density at radius 3 is 2.53 bits per heavy atom. The van der Waals surface area contributed by atoms with Crippen molar-refractivity contribution in [1.29, 1.82) is 0 Å². The van der Waals surface area contributed by atoms with Gasteiger partial charge in [0.05, 0.1) is 0 Å². The van der Waals surface area contributed by atoms with E-state index < -0.39 is 0 Å². The number of likely N-dealkylation sites (tertiary alicyclic amines) is 1. The zero-order valence-electron chi connectivity index (χ0n) is 9.25. The molecule has 1 aliphatic carbocycles. The average molecular weight is 230 g/mol. The normalized spacial score (nSPS) is 28.7. The molecule has 1 saturated carbocycles. The molecular weight excluding hydrogens is 210 g/mol. The molecule has 2 fully saturated rings. The van der Waals surface area contributed by atoms with Crippen molar-refractivity contribution in [3.05, 3.63) is 0 Å². The van der Waals surface area contributed by atoms with E-state index in [1.54, 1.807) is 0 Å². The maximum atomic E-state index is 11.7. The fourth-order valence-corrected chi connectivity index (χ4v) is 3.02. The van der Waals surface area contributed by atoms with E-state index in [1.807, 2.05) is 4.90 Å². The number of hydrogen-bond donors (Lipinski definition) is 0. The molecule has 2 nitrogen and oxygen atoms in total. The number of amides is 1. The molecule has 0 bridgehead atoms. The highest BCUT2D eigenvalue weighted by molar-refractivity contribution is 6.18. The van der Waals surface area contributed by atoms with Gasteiger partial charge in [-0.3, -0.25) is 4.79 Å². The second-order valence-corrected chi connectivity index (χ2v) is 5.34. The molecule has 1 saturated heterocycles. The van der Waals surface area contributed by atoms with E-state index in [0.717, 1.165) is 19.0 Å². The number of carbonyl (C=O) groups excluding carboxylic acids is 1. The van der Waals surface area contributed by atoms with Crippen molar-refractivity contribution in [2.24, 2.45) is 11.8 Å². The lowest BCUT2D eigenvalue weighted by atomic mass is 9.89. The molecule has 1 aliphatic heterocycles. The number of nitrogens with zero attached hydrogens (tertiary/aromatic N) is 1. The molecular formula is C12H20ClNO. The molecule has 0 spiro atoms. The van der Waals surface area contributed by atoms with Gasteiger partial charge in [-0.1, -0.05) is 19.3 Å². The quantitative estimate of drug-likeness (QED) is 0.682. The summed E-state index contributed by atoms with van der Waals surface area (Å²) < 4.78 is 0. The summed E-state index contributed by atoms with van der Waals surface area (Å²) in [7, 11) is 0. The Morgan fingerprint density at radius 1 is 1.20 bits per heavy atom. The van der Waals surface area contributed by atoms with Crippen LogP contribution >= 0.6 is 11.6 Å². The summed E-state index contributed by atoms with van der Waals surface area (Å²) in [5.41, 5.74) is 0. The molecule has 1 amide bonds. The first kappa shape index (κ1) is 11.3. The fraction of sp³-hybridized carbons (Fsp3) is 0.917. The van der Waals surface area contributed by atoms with Crippen LogP contribution in [0.1, 0.15) is 38.5 Å². The summed E-state index contributed by atoms with van der Waals surface area (Å²) in [5, 5.41) is 0. The van der Waals surface area contributed by atoms with Crippen molar-refractivity contribution in [2.75, 3.05) is 19.0 Å². The van der Waals surface area contributed by atoms with E-state index in [2.05, 4.69) is 0 Å². The average Bonchev–Trinajstić information content (AvgIpc) is 2.61. The number of carbonyl (C=O) groups is 1. The smallest absolute Gasteiger partial charge is 0.222 e. The predicted molar refractivity (Wildman–Crippen MR) is 62.0 cm³/mol. The van der Waals surface area contributed by atoms with E-state index >= 15 is 0 Å². The Morgan fingerprint density at radius 2 is 1.93 bits per heavy atom. The van der Waals surface area contributed by atoms with Gasteiger partial charge in [0.15, 0.2) is 0 Å². The first-order valence-corrected chi connectivity index (χ1v) is 6.67. The highest BCUT2D eigenvalue weighted by atomic mass is 35.5. The van der Waals surface area contributed by atoms with Crippen LogP contribution in [0.25, 0.3) is 0 Å². The monoisotopic (exact) mass is 229 g/mol. The molecule has 0 aromatic carbocycles. The highest BCUT2D eigenvalue weighted by Crippen LogP contribution is 2.27. The van der Waals surface area contributed by atoms with Gasteiger partial charge in [0, 0.05) is 25.4 Å². The Balaban J connectivity index is 1.81. The topological polar surface area (TPSA) is 20.3 Å². The largest absolute Gasteiger partial charge is 0.342 e. The first-order valence-electron chi connectivity index (χ1n) is 6.13. The van der Waals surface area contributed by atoms with Crippen LogP contribution < -0.4 is 0 Å². The second kappa shape index (κ2) is 5.20. The van der Waals surface area contributed by atoms with Crippen LogP contribution in [-0.2, 0) is 4.79 Å². The van der Waals surface area contributed by atoms with Crippen molar-refractivity contribution >= 4 is 17.5 Å². The molecule has 15 heavy (non-hydrogen) atoms.